The summed E-state index contributed by atoms with van der Waals surface area (Å²) in [6, 6.07) is 15.0. The van der Waals surface area contributed by atoms with Crippen molar-refractivity contribution < 1.29 is 10.2 Å². The highest BCUT2D eigenvalue weighted by atomic mass is 32.1. The SMILES string of the molecule is CCCCCc1ccc(O)cc1.CCCCCc1ccc(O)cc1.S. The molecule has 2 aromatic carbocycles. The summed E-state index contributed by atoms with van der Waals surface area (Å²) in [7, 11) is 0. The monoisotopic (exact) mass is 362 g/mol. The summed E-state index contributed by atoms with van der Waals surface area (Å²) >= 11 is 0. The number of phenols is 2. The van der Waals surface area contributed by atoms with Gasteiger partial charge in [0, 0.05) is 0 Å². The van der Waals surface area contributed by atoms with Crippen molar-refractivity contribution in [1.82, 2.24) is 0 Å². The van der Waals surface area contributed by atoms with E-state index in [0.717, 1.165) is 12.8 Å². The molecular formula is C22H34O2S. The predicted molar refractivity (Wildman–Crippen MR) is 113 cm³/mol. The van der Waals surface area contributed by atoms with Crippen LogP contribution in [0.4, 0.5) is 0 Å². The minimum absolute atomic E-state index is 0. The van der Waals surface area contributed by atoms with Gasteiger partial charge in [-0.15, -0.1) is 0 Å². The summed E-state index contributed by atoms with van der Waals surface area (Å²) < 4.78 is 0. The predicted octanol–water partition coefficient (Wildman–Crippen LogP) is 6.36. The fraction of sp³-hybridized carbons (Fsp3) is 0.455. The summed E-state index contributed by atoms with van der Waals surface area (Å²) in [5.74, 6) is 0.712. The Morgan fingerprint density at radius 1 is 0.560 bits per heavy atom. The molecule has 0 aliphatic rings. The van der Waals surface area contributed by atoms with Gasteiger partial charge in [0.05, 0.1) is 0 Å². The van der Waals surface area contributed by atoms with E-state index < -0.39 is 0 Å². The third kappa shape index (κ3) is 11.5. The first-order valence-electron chi connectivity index (χ1n) is 9.21. The van der Waals surface area contributed by atoms with Crippen LogP contribution in [0.15, 0.2) is 48.5 Å². The largest absolute Gasteiger partial charge is 0.508 e. The third-order valence-electron chi connectivity index (χ3n) is 4.01. The standard InChI is InChI=1S/2C11H16O.H2S/c2*1-2-3-4-5-10-6-8-11(12)9-7-10;/h2*6-9,12H,2-5H2,1H3;1H2. The Balaban J connectivity index is 0.000000443. The Labute approximate surface area is 160 Å². The number of hydrogen-bond acceptors (Lipinski definition) is 2. The maximum Gasteiger partial charge on any atom is 0.115 e. The summed E-state index contributed by atoms with van der Waals surface area (Å²) in [5.41, 5.74) is 2.64. The van der Waals surface area contributed by atoms with Crippen LogP contribution in [-0.4, -0.2) is 10.2 Å². The lowest BCUT2D eigenvalue weighted by Crippen LogP contribution is -1.83. The fourth-order valence-corrected chi connectivity index (χ4v) is 2.48. The maximum atomic E-state index is 9.03. The maximum absolute atomic E-state index is 9.03. The molecule has 0 aliphatic heterocycles. The van der Waals surface area contributed by atoms with Crippen molar-refractivity contribution in [3.05, 3.63) is 59.7 Å². The third-order valence-corrected chi connectivity index (χ3v) is 4.01. The lowest BCUT2D eigenvalue weighted by molar-refractivity contribution is 0.474. The zero-order chi connectivity index (χ0) is 17.6. The van der Waals surface area contributed by atoms with Crippen molar-refractivity contribution in [3.8, 4) is 11.5 Å². The van der Waals surface area contributed by atoms with Crippen molar-refractivity contribution in [2.24, 2.45) is 0 Å². The molecule has 3 heteroatoms. The van der Waals surface area contributed by atoms with Gasteiger partial charge in [-0.2, -0.15) is 13.5 Å². The molecule has 0 heterocycles. The van der Waals surface area contributed by atoms with E-state index in [1.54, 1.807) is 24.3 Å². The van der Waals surface area contributed by atoms with Gasteiger partial charge in [0.15, 0.2) is 0 Å². The van der Waals surface area contributed by atoms with Crippen LogP contribution in [0, 0.1) is 0 Å². The van der Waals surface area contributed by atoms with Gasteiger partial charge in [0.25, 0.3) is 0 Å². The van der Waals surface area contributed by atoms with Crippen LogP contribution in [0.5, 0.6) is 11.5 Å². The second-order valence-corrected chi connectivity index (χ2v) is 6.25. The molecule has 0 aliphatic carbocycles. The van der Waals surface area contributed by atoms with Gasteiger partial charge in [0.2, 0.25) is 0 Å². The minimum Gasteiger partial charge on any atom is -0.508 e. The fourth-order valence-electron chi connectivity index (χ4n) is 2.48. The van der Waals surface area contributed by atoms with E-state index in [4.69, 9.17) is 10.2 Å². The molecule has 2 aromatic rings. The molecule has 2 N–H and O–H groups in total. The first-order valence-corrected chi connectivity index (χ1v) is 9.21. The van der Waals surface area contributed by atoms with Crippen molar-refractivity contribution in [3.63, 3.8) is 0 Å². The molecule has 0 atom stereocenters. The number of hydrogen-bond donors (Lipinski definition) is 2. The van der Waals surface area contributed by atoms with Gasteiger partial charge in [-0.25, -0.2) is 0 Å². The molecule has 0 saturated carbocycles. The van der Waals surface area contributed by atoms with E-state index in [0.29, 0.717) is 11.5 Å². The Morgan fingerprint density at radius 2 is 0.880 bits per heavy atom. The molecule has 25 heavy (non-hydrogen) atoms. The topological polar surface area (TPSA) is 40.5 Å². The van der Waals surface area contributed by atoms with Gasteiger partial charge in [-0.3, -0.25) is 0 Å². The van der Waals surface area contributed by atoms with E-state index in [9.17, 15) is 0 Å². The molecule has 0 bridgehead atoms. The van der Waals surface area contributed by atoms with Crippen molar-refractivity contribution in [2.75, 3.05) is 0 Å². The molecule has 0 saturated heterocycles. The van der Waals surface area contributed by atoms with E-state index in [2.05, 4.69) is 13.8 Å². The van der Waals surface area contributed by atoms with Crippen LogP contribution < -0.4 is 0 Å². The van der Waals surface area contributed by atoms with Crippen LogP contribution in [0.2, 0.25) is 0 Å². The van der Waals surface area contributed by atoms with Gasteiger partial charge in [0.1, 0.15) is 11.5 Å². The van der Waals surface area contributed by atoms with Crippen molar-refractivity contribution in [2.45, 2.75) is 65.2 Å². The Hall–Kier alpha value is -1.61. The molecule has 0 spiro atoms. The highest BCUT2D eigenvalue weighted by Gasteiger charge is 1.93. The van der Waals surface area contributed by atoms with E-state index in [1.807, 2.05) is 24.3 Å². The normalized spacial score (nSPS) is 9.68. The number of unbranched alkanes of at least 4 members (excludes halogenated alkanes) is 4. The number of aryl methyl sites for hydroxylation is 2. The first-order chi connectivity index (χ1) is 11.7. The summed E-state index contributed by atoms with van der Waals surface area (Å²) in [4.78, 5) is 0. The Bertz CT molecular complexity index is 483. The smallest absolute Gasteiger partial charge is 0.115 e. The average Bonchev–Trinajstić information content (AvgIpc) is 2.59. The number of benzene rings is 2. The van der Waals surface area contributed by atoms with Crippen LogP contribution in [0.25, 0.3) is 0 Å². The number of rotatable bonds is 8. The summed E-state index contributed by atoms with van der Waals surface area (Å²) in [5, 5.41) is 18.1. The molecule has 2 rings (SSSR count). The van der Waals surface area contributed by atoms with Crippen LogP contribution in [-0.2, 0) is 12.8 Å². The lowest BCUT2D eigenvalue weighted by Gasteiger charge is -1.99. The average molecular weight is 363 g/mol. The first kappa shape index (κ1) is 23.4. The second-order valence-electron chi connectivity index (χ2n) is 6.25. The van der Waals surface area contributed by atoms with Crippen LogP contribution in [0.1, 0.15) is 63.5 Å². The van der Waals surface area contributed by atoms with Crippen molar-refractivity contribution >= 4 is 13.5 Å². The second kappa shape index (κ2) is 14.7. The summed E-state index contributed by atoms with van der Waals surface area (Å²) in [6.07, 6.45) is 9.88. The Morgan fingerprint density at radius 3 is 1.16 bits per heavy atom. The molecular weight excluding hydrogens is 328 g/mol. The highest BCUT2D eigenvalue weighted by Crippen LogP contribution is 2.13. The van der Waals surface area contributed by atoms with E-state index >= 15 is 0 Å². The number of phenolic OH excluding ortho intramolecular Hbond substituents is 2. The summed E-state index contributed by atoms with van der Waals surface area (Å²) in [6.45, 7) is 4.41. The number of aromatic hydroxyl groups is 2. The molecule has 0 amide bonds. The zero-order valence-corrected chi connectivity index (χ0v) is 16.7. The van der Waals surface area contributed by atoms with E-state index in [-0.39, 0.29) is 13.5 Å². The molecule has 0 unspecified atom stereocenters. The molecule has 2 nitrogen and oxygen atoms in total. The van der Waals surface area contributed by atoms with E-state index in [1.165, 1.54) is 49.7 Å². The quantitative estimate of drug-likeness (QED) is 0.536. The molecule has 140 valence electrons. The molecule has 0 aromatic heterocycles. The zero-order valence-electron chi connectivity index (χ0n) is 15.7. The van der Waals surface area contributed by atoms with Gasteiger partial charge < -0.3 is 10.2 Å². The van der Waals surface area contributed by atoms with Crippen LogP contribution >= 0.6 is 13.5 Å². The van der Waals surface area contributed by atoms with Gasteiger partial charge in [-0.05, 0) is 61.1 Å². The lowest BCUT2D eigenvalue weighted by atomic mass is 10.1. The molecule has 0 radical (unpaired) electrons. The van der Waals surface area contributed by atoms with Gasteiger partial charge >= 0.3 is 0 Å². The van der Waals surface area contributed by atoms with Gasteiger partial charge in [-0.1, -0.05) is 63.8 Å². The van der Waals surface area contributed by atoms with Crippen LogP contribution in [0.3, 0.4) is 0 Å². The molecule has 0 fully saturated rings. The van der Waals surface area contributed by atoms with Crippen molar-refractivity contribution in [1.29, 1.82) is 0 Å². The minimum atomic E-state index is 0. The Kier molecular flexibility index (Phi) is 13.8. The highest BCUT2D eigenvalue weighted by molar-refractivity contribution is 7.59.